The normalized spacial score (nSPS) is 16.0. The second-order valence-corrected chi connectivity index (χ2v) is 6.74. The van der Waals surface area contributed by atoms with E-state index >= 15 is 0 Å². The Kier molecular flexibility index (Phi) is 5.13. The van der Waals surface area contributed by atoms with E-state index in [9.17, 15) is 4.79 Å². The van der Waals surface area contributed by atoms with Crippen LogP contribution in [-0.2, 0) is 17.8 Å². The van der Waals surface area contributed by atoms with Crippen LogP contribution in [0, 0.1) is 0 Å². The fourth-order valence-electron chi connectivity index (χ4n) is 2.71. The van der Waals surface area contributed by atoms with Gasteiger partial charge in [-0.3, -0.25) is 9.69 Å². The average Bonchev–Trinajstić information content (AvgIpc) is 3.03. The minimum absolute atomic E-state index is 0.170. The predicted molar refractivity (Wildman–Crippen MR) is 91.3 cm³/mol. The molecule has 1 aliphatic rings. The SMILES string of the molecule is O=C(Cc1ccccc1Cl)N1CCN(Cc2ccsc2)CC1. The van der Waals surface area contributed by atoms with Crippen molar-refractivity contribution in [3.63, 3.8) is 0 Å². The smallest absolute Gasteiger partial charge is 0.227 e. The van der Waals surface area contributed by atoms with Gasteiger partial charge in [0.25, 0.3) is 0 Å². The number of hydrogen-bond donors (Lipinski definition) is 0. The summed E-state index contributed by atoms with van der Waals surface area (Å²) in [7, 11) is 0. The lowest BCUT2D eigenvalue weighted by Crippen LogP contribution is -2.48. The van der Waals surface area contributed by atoms with Gasteiger partial charge in [0.15, 0.2) is 0 Å². The van der Waals surface area contributed by atoms with Gasteiger partial charge in [0.2, 0.25) is 5.91 Å². The minimum Gasteiger partial charge on any atom is -0.340 e. The molecule has 3 rings (SSSR count). The number of nitrogens with zero attached hydrogens (tertiary/aromatic N) is 2. The summed E-state index contributed by atoms with van der Waals surface area (Å²) in [6.07, 6.45) is 0.393. The number of thiophene rings is 1. The summed E-state index contributed by atoms with van der Waals surface area (Å²) < 4.78 is 0. The van der Waals surface area contributed by atoms with Gasteiger partial charge in [-0.05, 0) is 34.0 Å². The van der Waals surface area contributed by atoms with Gasteiger partial charge in [-0.2, -0.15) is 11.3 Å². The molecular weight excluding hydrogens is 316 g/mol. The first-order valence-corrected chi connectivity index (χ1v) is 8.79. The summed E-state index contributed by atoms with van der Waals surface area (Å²) >= 11 is 7.86. The first-order chi connectivity index (χ1) is 10.7. The first-order valence-electron chi connectivity index (χ1n) is 7.47. The van der Waals surface area contributed by atoms with Crippen molar-refractivity contribution in [1.82, 2.24) is 9.80 Å². The van der Waals surface area contributed by atoms with Gasteiger partial charge in [0.05, 0.1) is 6.42 Å². The molecule has 1 fully saturated rings. The van der Waals surface area contributed by atoms with Gasteiger partial charge < -0.3 is 4.90 Å². The van der Waals surface area contributed by atoms with Gasteiger partial charge in [0, 0.05) is 37.7 Å². The molecule has 2 heterocycles. The molecule has 1 amide bonds. The second kappa shape index (κ2) is 7.27. The fourth-order valence-corrected chi connectivity index (χ4v) is 3.58. The van der Waals surface area contributed by atoms with Crippen molar-refractivity contribution in [2.45, 2.75) is 13.0 Å². The van der Waals surface area contributed by atoms with Crippen LogP contribution in [0.2, 0.25) is 5.02 Å². The molecule has 1 aromatic carbocycles. The number of piperazine rings is 1. The van der Waals surface area contributed by atoms with Gasteiger partial charge in [-0.15, -0.1) is 0 Å². The first kappa shape index (κ1) is 15.5. The highest BCUT2D eigenvalue weighted by atomic mass is 35.5. The summed E-state index contributed by atoms with van der Waals surface area (Å²) in [6, 6.07) is 9.74. The third kappa shape index (κ3) is 3.88. The molecule has 0 saturated carbocycles. The third-order valence-electron chi connectivity index (χ3n) is 4.01. The zero-order valence-electron chi connectivity index (χ0n) is 12.4. The van der Waals surface area contributed by atoms with Gasteiger partial charge in [-0.25, -0.2) is 0 Å². The Balaban J connectivity index is 1.50. The minimum atomic E-state index is 0.170. The van der Waals surface area contributed by atoms with E-state index in [2.05, 4.69) is 21.7 Å². The molecule has 0 N–H and O–H groups in total. The number of benzene rings is 1. The lowest BCUT2D eigenvalue weighted by Gasteiger charge is -2.34. The molecule has 5 heteroatoms. The number of carbonyl (C=O) groups is 1. The van der Waals surface area contributed by atoms with Crippen LogP contribution in [0.25, 0.3) is 0 Å². The monoisotopic (exact) mass is 334 g/mol. The molecule has 0 spiro atoms. The molecule has 0 bridgehead atoms. The molecule has 2 aromatic rings. The van der Waals surface area contributed by atoms with Gasteiger partial charge in [0.1, 0.15) is 0 Å². The molecule has 116 valence electrons. The van der Waals surface area contributed by atoms with E-state index < -0.39 is 0 Å². The largest absolute Gasteiger partial charge is 0.340 e. The maximum absolute atomic E-state index is 12.4. The fraction of sp³-hybridized carbons (Fsp3) is 0.353. The summed E-state index contributed by atoms with van der Waals surface area (Å²) in [5.41, 5.74) is 2.27. The third-order valence-corrected chi connectivity index (χ3v) is 5.11. The number of rotatable bonds is 4. The van der Waals surface area contributed by atoms with Crippen LogP contribution in [0.1, 0.15) is 11.1 Å². The summed E-state index contributed by atoms with van der Waals surface area (Å²) in [5, 5.41) is 4.97. The zero-order valence-corrected chi connectivity index (χ0v) is 13.9. The molecule has 1 aromatic heterocycles. The van der Waals surface area contributed by atoms with Crippen molar-refractivity contribution in [2.75, 3.05) is 26.2 Å². The zero-order chi connectivity index (χ0) is 15.4. The van der Waals surface area contributed by atoms with E-state index in [0.29, 0.717) is 11.4 Å². The lowest BCUT2D eigenvalue weighted by atomic mass is 10.1. The Morgan fingerprint density at radius 3 is 2.59 bits per heavy atom. The average molecular weight is 335 g/mol. The van der Waals surface area contributed by atoms with E-state index in [1.807, 2.05) is 29.2 Å². The molecule has 0 radical (unpaired) electrons. The molecule has 0 atom stereocenters. The number of halogens is 1. The maximum Gasteiger partial charge on any atom is 0.227 e. The Labute approximate surface area is 140 Å². The van der Waals surface area contributed by atoms with E-state index in [-0.39, 0.29) is 5.91 Å². The Morgan fingerprint density at radius 1 is 1.14 bits per heavy atom. The lowest BCUT2D eigenvalue weighted by molar-refractivity contribution is -0.132. The van der Waals surface area contributed by atoms with Crippen molar-refractivity contribution in [1.29, 1.82) is 0 Å². The Bertz CT molecular complexity index is 621. The maximum atomic E-state index is 12.4. The van der Waals surface area contributed by atoms with E-state index in [1.165, 1.54) is 5.56 Å². The topological polar surface area (TPSA) is 23.6 Å². The standard InChI is InChI=1S/C17H19ClN2OS/c18-16-4-2-1-3-15(16)11-17(21)20-8-6-19(7-9-20)12-14-5-10-22-13-14/h1-5,10,13H,6-9,11-12H2. The van der Waals surface area contributed by atoms with Crippen molar-refractivity contribution >= 4 is 28.8 Å². The van der Waals surface area contributed by atoms with E-state index in [0.717, 1.165) is 38.3 Å². The van der Waals surface area contributed by atoms with E-state index in [4.69, 9.17) is 11.6 Å². The highest BCUT2D eigenvalue weighted by Crippen LogP contribution is 2.17. The van der Waals surface area contributed by atoms with E-state index in [1.54, 1.807) is 11.3 Å². The highest BCUT2D eigenvalue weighted by molar-refractivity contribution is 7.07. The summed E-state index contributed by atoms with van der Waals surface area (Å²) in [5.74, 6) is 0.170. The van der Waals surface area contributed by atoms with Gasteiger partial charge in [-0.1, -0.05) is 29.8 Å². The predicted octanol–water partition coefficient (Wildman–Crippen LogP) is 3.29. The Morgan fingerprint density at radius 2 is 1.91 bits per heavy atom. The van der Waals surface area contributed by atoms with Crippen LogP contribution in [0.4, 0.5) is 0 Å². The number of carbonyl (C=O) groups excluding carboxylic acids is 1. The van der Waals surface area contributed by atoms with Crippen LogP contribution >= 0.6 is 22.9 Å². The van der Waals surface area contributed by atoms with Crippen molar-refractivity contribution in [3.05, 3.63) is 57.2 Å². The molecule has 0 aliphatic carbocycles. The number of amides is 1. The molecule has 1 aliphatic heterocycles. The van der Waals surface area contributed by atoms with Crippen LogP contribution in [0.15, 0.2) is 41.1 Å². The molecule has 22 heavy (non-hydrogen) atoms. The van der Waals surface area contributed by atoms with Crippen LogP contribution in [-0.4, -0.2) is 41.9 Å². The molecule has 3 nitrogen and oxygen atoms in total. The highest BCUT2D eigenvalue weighted by Gasteiger charge is 2.21. The van der Waals surface area contributed by atoms with Crippen LogP contribution in [0.5, 0.6) is 0 Å². The van der Waals surface area contributed by atoms with Crippen LogP contribution < -0.4 is 0 Å². The van der Waals surface area contributed by atoms with Crippen molar-refractivity contribution < 1.29 is 4.79 Å². The van der Waals surface area contributed by atoms with Crippen molar-refractivity contribution in [2.24, 2.45) is 0 Å². The Hall–Kier alpha value is -1.36. The quantitative estimate of drug-likeness (QED) is 0.856. The second-order valence-electron chi connectivity index (χ2n) is 5.56. The number of hydrogen-bond acceptors (Lipinski definition) is 3. The molecule has 0 unspecified atom stereocenters. The van der Waals surface area contributed by atoms with Crippen molar-refractivity contribution in [3.8, 4) is 0 Å². The van der Waals surface area contributed by atoms with Gasteiger partial charge >= 0.3 is 0 Å². The summed E-state index contributed by atoms with van der Waals surface area (Å²) in [6.45, 7) is 4.45. The summed E-state index contributed by atoms with van der Waals surface area (Å²) in [4.78, 5) is 16.7. The molecular formula is C17H19ClN2OS. The molecule has 1 saturated heterocycles. The van der Waals surface area contributed by atoms with Crippen LogP contribution in [0.3, 0.4) is 0 Å².